The van der Waals surface area contributed by atoms with Crippen LogP contribution < -0.4 is 15.4 Å². The highest BCUT2D eigenvalue weighted by Gasteiger charge is 2.08. The van der Waals surface area contributed by atoms with E-state index in [-0.39, 0.29) is 0 Å². The molecule has 146 valence electrons. The van der Waals surface area contributed by atoms with E-state index in [0.717, 1.165) is 28.5 Å². The lowest BCUT2D eigenvalue weighted by Crippen LogP contribution is -2.36. The maximum atomic E-state index is 6.05. The molecule has 3 aromatic rings. The molecule has 0 bridgehead atoms. The van der Waals surface area contributed by atoms with Crippen molar-refractivity contribution in [2.24, 2.45) is 4.99 Å². The van der Waals surface area contributed by atoms with Gasteiger partial charge in [-0.1, -0.05) is 35.9 Å². The second-order valence-electron chi connectivity index (χ2n) is 6.55. The Bertz CT molecular complexity index is 926. The summed E-state index contributed by atoms with van der Waals surface area (Å²) in [5, 5.41) is 6.52. The molecular weight excluding hydrogens is 352 g/mol. The summed E-state index contributed by atoms with van der Waals surface area (Å²) in [6.07, 6.45) is 0. The van der Waals surface area contributed by atoms with E-state index >= 15 is 0 Å². The quantitative estimate of drug-likeness (QED) is 0.495. The van der Waals surface area contributed by atoms with Crippen LogP contribution in [0.15, 0.2) is 57.9 Å². The van der Waals surface area contributed by atoms with E-state index in [0.29, 0.717) is 24.9 Å². The van der Waals surface area contributed by atoms with Crippen LogP contribution >= 0.6 is 0 Å². The molecule has 28 heavy (non-hydrogen) atoms. The zero-order chi connectivity index (χ0) is 19.9. The SMILES string of the molecule is CN=C(NCc1nc(C)c(C)o1)NCc1ccccc1Oc1ccc(C)cc1. The van der Waals surface area contributed by atoms with Crippen molar-refractivity contribution in [3.8, 4) is 11.5 Å². The molecular formula is C22H26N4O2. The molecule has 0 aliphatic heterocycles. The first-order chi connectivity index (χ1) is 13.5. The number of benzene rings is 2. The largest absolute Gasteiger partial charge is 0.457 e. The van der Waals surface area contributed by atoms with Crippen molar-refractivity contribution in [3.05, 3.63) is 77.0 Å². The minimum atomic E-state index is 0.468. The molecule has 0 saturated heterocycles. The molecule has 2 aromatic carbocycles. The van der Waals surface area contributed by atoms with Crippen molar-refractivity contribution in [3.63, 3.8) is 0 Å². The molecule has 0 fully saturated rings. The maximum Gasteiger partial charge on any atom is 0.214 e. The van der Waals surface area contributed by atoms with Crippen molar-refractivity contribution in [2.45, 2.75) is 33.9 Å². The van der Waals surface area contributed by atoms with Gasteiger partial charge in [0.2, 0.25) is 5.89 Å². The summed E-state index contributed by atoms with van der Waals surface area (Å²) in [4.78, 5) is 8.62. The standard InChI is InChI=1S/C22H26N4O2/c1-15-9-11-19(12-10-15)28-20-8-6-5-7-18(20)13-24-22(23-4)25-14-21-26-16(2)17(3)27-21/h5-12H,13-14H2,1-4H3,(H2,23,24,25). The lowest BCUT2D eigenvalue weighted by molar-refractivity contribution is 0.463. The van der Waals surface area contributed by atoms with Crippen LogP contribution in [0.3, 0.4) is 0 Å². The Hall–Kier alpha value is -3.28. The van der Waals surface area contributed by atoms with Crippen molar-refractivity contribution in [1.82, 2.24) is 15.6 Å². The lowest BCUT2D eigenvalue weighted by atomic mass is 10.2. The van der Waals surface area contributed by atoms with Crippen LogP contribution in [-0.2, 0) is 13.1 Å². The van der Waals surface area contributed by atoms with E-state index in [1.807, 2.05) is 62.4 Å². The van der Waals surface area contributed by atoms with Crippen LogP contribution in [0.25, 0.3) is 0 Å². The predicted molar refractivity (Wildman–Crippen MR) is 111 cm³/mol. The number of nitrogens with one attached hydrogen (secondary N) is 2. The summed E-state index contributed by atoms with van der Waals surface area (Å²) in [6, 6.07) is 16.0. The number of para-hydroxylation sites is 1. The van der Waals surface area contributed by atoms with Gasteiger partial charge in [-0.05, 0) is 39.0 Å². The Morgan fingerprint density at radius 3 is 2.39 bits per heavy atom. The molecule has 0 unspecified atom stereocenters. The molecule has 3 rings (SSSR count). The van der Waals surface area contributed by atoms with Crippen LogP contribution in [0.4, 0.5) is 0 Å². The van der Waals surface area contributed by atoms with Crippen molar-refractivity contribution < 1.29 is 9.15 Å². The molecule has 6 heteroatoms. The molecule has 0 atom stereocenters. The van der Waals surface area contributed by atoms with Crippen LogP contribution in [0.2, 0.25) is 0 Å². The van der Waals surface area contributed by atoms with Crippen LogP contribution in [0.5, 0.6) is 11.5 Å². The molecule has 0 aliphatic carbocycles. The molecule has 0 saturated carbocycles. The van der Waals surface area contributed by atoms with E-state index in [9.17, 15) is 0 Å². The van der Waals surface area contributed by atoms with Crippen molar-refractivity contribution in [1.29, 1.82) is 0 Å². The predicted octanol–water partition coefficient (Wildman–Crippen LogP) is 4.26. The van der Waals surface area contributed by atoms with E-state index in [1.54, 1.807) is 7.05 Å². The smallest absolute Gasteiger partial charge is 0.214 e. The maximum absolute atomic E-state index is 6.05. The Morgan fingerprint density at radius 1 is 1.00 bits per heavy atom. The summed E-state index contributed by atoms with van der Waals surface area (Å²) in [7, 11) is 1.73. The van der Waals surface area contributed by atoms with E-state index in [2.05, 4.69) is 27.5 Å². The van der Waals surface area contributed by atoms with E-state index in [1.165, 1.54) is 5.56 Å². The van der Waals surface area contributed by atoms with Gasteiger partial charge in [0, 0.05) is 19.2 Å². The summed E-state index contributed by atoms with van der Waals surface area (Å²) in [5.74, 6) is 3.77. The number of oxazole rings is 1. The number of aromatic nitrogens is 1. The van der Waals surface area contributed by atoms with Gasteiger partial charge in [0.25, 0.3) is 0 Å². The Balaban J connectivity index is 1.60. The fourth-order valence-electron chi connectivity index (χ4n) is 2.66. The molecule has 1 heterocycles. The monoisotopic (exact) mass is 378 g/mol. The second kappa shape index (κ2) is 9.08. The first kappa shape index (κ1) is 19.5. The van der Waals surface area contributed by atoms with Crippen LogP contribution in [0.1, 0.15) is 28.5 Å². The molecule has 6 nitrogen and oxygen atoms in total. The van der Waals surface area contributed by atoms with Crippen LogP contribution in [0, 0.1) is 20.8 Å². The number of aryl methyl sites for hydroxylation is 3. The molecule has 0 amide bonds. The minimum Gasteiger partial charge on any atom is -0.457 e. The van der Waals surface area contributed by atoms with Crippen molar-refractivity contribution >= 4 is 5.96 Å². The first-order valence-corrected chi connectivity index (χ1v) is 9.25. The van der Waals surface area contributed by atoms with Gasteiger partial charge in [-0.2, -0.15) is 0 Å². The number of hydrogen-bond donors (Lipinski definition) is 2. The minimum absolute atomic E-state index is 0.468. The van der Waals surface area contributed by atoms with Gasteiger partial charge in [0.05, 0.1) is 12.2 Å². The van der Waals surface area contributed by atoms with E-state index in [4.69, 9.17) is 9.15 Å². The van der Waals surface area contributed by atoms with Gasteiger partial charge >= 0.3 is 0 Å². The molecule has 0 spiro atoms. The van der Waals surface area contributed by atoms with Gasteiger partial charge < -0.3 is 19.8 Å². The Labute approximate surface area is 165 Å². The topological polar surface area (TPSA) is 71.7 Å². The normalized spacial score (nSPS) is 11.4. The Morgan fingerprint density at radius 2 is 1.71 bits per heavy atom. The van der Waals surface area contributed by atoms with Gasteiger partial charge in [0.15, 0.2) is 5.96 Å². The summed E-state index contributed by atoms with van der Waals surface area (Å²) in [5.41, 5.74) is 3.14. The summed E-state index contributed by atoms with van der Waals surface area (Å²) >= 11 is 0. The van der Waals surface area contributed by atoms with Gasteiger partial charge in [0.1, 0.15) is 17.3 Å². The number of rotatable bonds is 6. The van der Waals surface area contributed by atoms with Gasteiger partial charge in [-0.3, -0.25) is 4.99 Å². The highest BCUT2D eigenvalue weighted by molar-refractivity contribution is 5.79. The fourth-order valence-corrected chi connectivity index (χ4v) is 2.66. The molecule has 0 aliphatic rings. The summed E-state index contributed by atoms with van der Waals surface area (Å²) < 4.78 is 11.6. The number of ether oxygens (including phenoxy) is 1. The number of aliphatic imine (C=N–C) groups is 1. The molecule has 0 radical (unpaired) electrons. The second-order valence-corrected chi connectivity index (χ2v) is 6.55. The lowest BCUT2D eigenvalue weighted by Gasteiger charge is -2.14. The third-order valence-corrected chi connectivity index (χ3v) is 4.37. The average Bonchev–Trinajstić information content (AvgIpc) is 3.02. The van der Waals surface area contributed by atoms with E-state index < -0.39 is 0 Å². The number of guanidine groups is 1. The zero-order valence-corrected chi connectivity index (χ0v) is 16.7. The number of hydrogen-bond acceptors (Lipinski definition) is 4. The first-order valence-electron chi connectivity index (χ1n) is 9.25. The average molecular weight is 378 g/mol. The van der Waals surface area contributed by atoms with Gasteiger partial charge in [-0.15, -0.1) is 0 Å². The third-order valence-electron chi connectivity index (χ3n) is 4.37. The highest BCUT2D eigenvalue weighted by Crippen LogP contribution is 2.25. The Kier molecular flexibility index (Phi) is 6.32. The fraction of sp³-hybridized carbons (Fsp3) is 0.273. The van der Waals surface area contributed by atoms with Crippen LogP contribution in [-0.4, -0.2) is 18.0 Å². The van der Waals surface area contributed by atoms with Gasteiger partial charge in [-0.25, -0.2) is 4.98 Å². The highest BCUT2D eigenvalue weighted by atomic mass is 16.5. The third kappa shape index (κ3) is 5.13. The van der Waals surface area contributed by atoms with Crippen molar-refractivity contribution in [2.75, 3.05) is 7.05 Å². The number of nitrogens with zero attached hydrogens (tertiary/aromatic N) is 2. The molecule has 2 N–H and O–H groups in total. The summed E-state index contributed by atoms with van der Waals surface area (Å²) in [6.45, 7) is 6.94. The zero-order valence-electron chi connectivity index (χ0n) is 16.7. The molecule has 1 aromatic heterocycles.